The quantitative estimate of drug-likeness (QED) is 0.162. The first-order valence-corrected chi connectivity index (χ1v) is 18.4. The molecule has 1 aliphatic rings. The lowest BCUT2D eigenvalue weighted by Crippen LogP contribution is -2.44. The van der Waals surface area contributed by atoms with Crippen LogP contribution in [0.1, 0.15) is 60.7 Å². The second-order valence-electron chi connectivity index (χ2n) is 13.5. The summed E-state index contributed by atoms with van der Waals surface area (Å²) in [4.78, 5) is 39.1. The van der Waals surface area contributed by atoms with Gasteiger partial charge in [0, 0.05) is 47.8 Å². The summed E-state index contributed by atoms with van der Waals surface area (Å²) < 4.78 is 66.0. The van der Waals surface area contributed by atoms with Crippen molar-refractivity contribution in [3.63, 3.8) is 0 Å². The summed E-state index contributed by atoms with van der Waals surface area (Å²) in [7, 11) is -2.57. The number of sulfonamides is 1. The largest absolute Gasteiger partial charge is 0.455 e. The lowest BCUT2D eigenvalue weighted by Gasteiger charge is -2.25. The van der Waals surface area contributed by atoms with Crippen LogP contribution in [0, 0.1) is 11.7 Å². The van der Waals surface area contributed by atoms with Crippen LogP contribution in [-0.4, -0.2) is 71.0 Å². The fraction of sp³-hybridized carbons (Fsp3) is 0.378. The fourth-order valence-electron chi connectivity index (χ4n) is 6.35. The van der Waals surface area contributed by atoms with Gasteiger partial charge in [0.1, 0.15) is 29.4 Å². The van der Waals surface area contributed by atoms with E-state index in [1.54, 1.807) is 51.1 Å². The summed E-state index contributed by atoms with van der Waals surface area (Å²) in [6, 6.07) is 14.7. The second-order valence-corrected chi connectivity index (χ2v) is 15.4. The number of halogens is 2. The molecule has 2 atom stereocenters. The zero-order chi connectivity index (χ0) is 37.1. The molecule has 3 N–H and O–H groups in total. The van der Waals surface area contributed by atoms with Crippen LogP contribution in [0.25, 0.3) is 33.4 Å². The summed E-state index contributed by atoms with van der Waals surface area (Å²) in [6.07, 6.45) is 2.89. The first-order chi connectivity index (χ1) is 24.1. The number of ether oxygens (including phenoxy) is 1. The number of hydrogen-bond donors (Lipinski definition) is 3. The topological polar surface area (TPSA) is 147 Å². The number of nitrogens with zero attached hydrogens (tertiary/aromatic N) is 1. The van der Waals surface area contributed by atoms with Gasteiger partial charge in [-0.2, -0.15) is 0 Å². The van der Waals surface area contributed by atoms with Crippen molar-refractivity contribution in [3.05, 3.63) is 77.6 Å². The molecule has 0 aliphatic heterocycles. The SMILES string of the molecule is CNC(=O)c1c(-c2ccc(F)cc2)oc2cc(N(CCF)S(C)(=O)=O)c(-c3cccc(C(=O)NCC4CCCC4NC(=O)OC(C)(C)C)c3)cc12. The van der Waals surface area contributed by atoms with Gasteiger partial charge in [0.25, 0.3) is 11.8 Å². The number of alkyl carbamates (subject to hydrolysis) is 1. The molecule has 3 amide bonds. The molecule has 0 saturated heterocycles. The molecule has 0 bridgehead atoms. The maximum Gasteiger partial charge on any atom is 0.407 e. The zero-order valence-electron chi connectivity index (χ0n) is 29.1. The Labute approximate surface area is 295 Å². The number of alkyl halides is 1. The number of benzene rings is 3. The molecule has 1 aliphatic carbocycles. The van der Waals surface area contributed by atoms with Gasteiger partial charge in [0.15, 0.2) is 0 Å². The summed E-state index contributed by atoms with van der Waals surface area (Å²) in [5, 5.41) is 8.79. The maximum absolute atomic E-state index is 13.8. The Morgan fingerprint density at radius 2 is 1.73 bits per heavy atom. The lowest BCUT2D eigenvalue weighted by atomic mass is 9.97. The number of anilines is 1. The van der Waals surface area contributed by atoms with Crippen LogP contribution in [0.5, 0.6) is 0 Å². The van der Waals surface area contributed by atoms with E-state index in [1.807, 2.05) is 0 Å². The summed E-state index contributed by atoms with van der Waals surface area (Å²) in [6.45, 7) is 4.18. The highest BCUT2D eigenvalue weighted by Crippen LogP contribution is 2.42. The molecule has 5 rings (SSSR count). The minimum Gasteiger partial charge on any atom is -0.455 e. The Hall–Kier alpha value is -4.98. The molecule has 2 unspecified atom stereocenters. The number of amides is 3. The smallest absolute Gasteiger partial charge is 0.407 e. The molecule has 1 fully saturated rings. The maximum atomic E-state index is 13.8. The van der Waals surface area contributed by atoms with Gasteiger partial charge in [-0.25, -0.2) is 22.0 Å². The molecule has 4 aromatic rings. The highest BCUT2D eigenvalue weighted by molar-refractivity contribution is 7.92. The van der Waals surface area contributed by atoms with Crippen molar-refractivity contribution >= 4 is 44.6 Å². The molecule has 1 aromatic heterocycles. The van der Waals surface area contributed by atoms with Crippen LogP contribution >= 0.6 is 0 Å². The molecule has 11 nitrogen and oxygen atoms in total. The van der Waals surface area contributed by atoms with Crippen LogP contribution in [0.15, 0.2) is 65.1 Å². The van der Waals surface area contributed by atoms with Gasteiger partial charge in [-0.1, -0.05) is 18.6 Å². The molecule has 1 saturated carbocycles. The molecule has 272 valence electrons. The van der Waals surface area contributed by atoms with Crippen LogP contribution in [0.4, 0.5) is 19.3 Å². The molecule has 3 aromatic carbocycles. The third-order valence-corrected chi connectivity index (χ3v) is 9.83. The van der Waals surface area contributed by atoms with Gasteiger partial charge in [-0.05, 0) is 87.6 Å². The van der Waals surface area contributed by atoms with Gasteiger partial charge in [0.2, 0.25) is 10.0 Å². The Kier molecular flexibility index (Phi) is 11.0. The van der Waals surface area contributed by atoms with E-state index in [9.17, 15) is 31.6 Å². The van der Waals surface area contributed by atoms with Gasteiger partial charge in [0.05, 0.1) is 24.1 Å². The molecule has 1 heterocycles. The first kappa shape index (κ1) is 37.3. The van der Waals surface area contributed by atoms with Gasteiger partial charge in [-0.15, -0.1) is 0 Å². The first-order valence-electron chi connectivity index (χ1n) is 16.6. The van der Waals surface area contributed by atoms with E-state index < -0.39 is 46.7 Å². The lowest BCUT2D eigenvalue weighted by molar-refractivity contribution is 0.0493. The predicted octanol–water partition coefficient (Wildman–Crippen LogP) is 6.42. The molecular weight excluding hydrogens is 682 g/mol. The van der Waals surface area contributed by atoms with Crippen molar-refractivity contribution in [1.82, 2.24) is 16.0 Å². The van der Waals surface area contributed by atoms with E-state index in [4.69, 9.17) is 9.15 Å². The van der Waals surface area contributed by atoms with Crippen LogP contribution in [0.2, 0.25) is 0 Å². The van der Waals surface area contributed by atoms with Crippen molar-refractivity contribution in [2.75, 3.05) is 37.4 Å². The van der Waals surface area contributed by atoms with E-state index in [0.29, 0.717) is 28.6 Å². The van der Waals surface area contributed by atoms with Crippen molar-refractivity contribution in [2.45, 2.75) is 51.7 Å². The highest BCUT2D eigenvalue weighted by Gasteiger charge is 2.31. The molecule has 14 heteroatoms. The van der Waals surface area contributed by atoms with E-state index >= 15 is 0 Å². The van der Waals surface area contributed by atoms with Crippen molar-refractivity contribution in [2.24, 2.45) is 5.92 Å². The van der Waals surface area contributed by atoms with Crippen LogP contribution < -0.4 is 20.3 Å². The number of nitrogens with one attached hydrogen (secondary N) is 3. The van der Waals surface area contributed by atoms with Gasteiger partial charge in [-0.3, -0.25) is 13.9 Å². The molecular formula is C37H42F2N4O7S. The third kappa shape index (κ3) is 8.67. The average molecular weight is 725 g/mol. The van der Waals surface area contributed by atoms with E-state index in [1.165, 1.54) is 37.4 Å². The monoisotopic (exact) mass is 724 g/mol. The van der Waals surface area contributed by atoms with Gasteiger partial charge < -0.3 is 25.1 Å². The number of carbonyl (C=O) groups excluding carboxylic acids is 3. The highest BCUT2D eigenvalue weighted by atomic mass is 32.2. The molecule has 51 heavy (non-hydrogen) atoms. The molecule has 0 radical (unpaired) electrons. The number of furan rings is 1. The van der Waals surface area contributed by atoms with Gasteiger partial charge >= 0.3 is 6.09 Å². The minimum atomic E-state index is -4.02. The molecule has 0 spiro atoms. The number of fused-ring (bicyclic) bond motifs is 1. The minimum absolute atomic E-state index is 0.0118. The fourth-order valence-corrected chi connectivity index (χ4v) is 7.26. The van der Waals surface area contributed by atoms with Crippen molar-refractivity contribution in [3.8, 4) is 22.5 Å². The van der Waals surface area contributed by atoms with Crippen LogP contribution in [0.3, 0.4) is 0 Å². The number of rotatable bonds is 11. The normalized spacial score (nSPS) is 16.1. The Bertz CT molecular complexity index is 2040. The number of hydrogen-bond acceptors (Lipinski definition) is 7. The van der Waals surface area contributed by atoms with E-state index in [2.05, 4.69) is 16.0 Å². The summed E-state index contributed by atoms with van der Waals surface area (Å²) in [5.41, 5.74) is 1.10. The summed E-state index contributed by atoms with van der Waals surface area (Å²) >= 11 is 0. The Balaban J connectivity index is 1.53. The third-order valence-electron chi connectivity index (χ3n) is 8.65. The second kappa shape index (κ2) is 15.1. The van der Waals surface area contributed by atoms with Crippen LogP contribution in [-0.2, 0) is 14.8 Å². The number of carbonyl (C=O) groups is 3. The Morgan fingerprint density at radius 3 is 2.37 bits per heavy atom. The predicted molar refractivity (Wildman–Crippen MR) is 191 cm³/mol. The van der Waals surface area contributed by atoms with Crippen molar-refractivity contribution < 1.29 is 40.7 Å². The Morgan fingerprint density at radius 1 is 1.00 bits per heavy atom. The van der Waals surface area contributed by atoms with Crippen molar-refractivity contribution in [1.29, 1.82) is 0 Å². The summed E-state index contributed by atoms with van der Waals surface area (Å²) in [5.74, 6) is -1.26. The van der Waals surface area contributed by atoms with E-state index in [0.717, 1.165) is 29.8 Å². The standard InChI is InChI=1S/C37H42F2N4O7S/c1-37(2,3)50-36(46)42-29-11-7-10-25(29)21-41-34(44)24-9-6-8-23(18-24)27-19-28-31(20-30(27)43(17-16-38)51(5,47)48)49-33(32(28)35(45)40-4)22-12-14-26(39)15-13-22/h6,8-9,12-15,18-20,25,29H,7,10-11,16-17,21H2,1-5H3,(H,40,45)(H,41,44)(H,42,46). The van der Waals surface area contributed by atoms with E-state index in [-0.39, 0.29) is 46.0 Å². The zero-order valence-corrected chi connectivity index (χ0v) is 30.0. The average Bonchev–Trinajstić information content (AvgIpc) is 3.67.